The Labute approximate surface area is 124 Å². The van der Waals surface area contributed by atoms with Gasteiger partial charge in [-0.3, -0.25) is 9.69 Å². The molecule has 1 aromatic carbocycles. The lowest BCUT2D eigenvalue weighted by Crippen LogP contribution is -2.37. The van der Waals surface area contributed by atoms with E-state index < -0.39 is 11.7 Å². The zero-order valence-corrected chi connectivity index (χ0v) is 12.4. The van der Waals surface area contributed by atoms with Crippen LogP contribution in [-0.2, 0) is 11.3 Å². The van der Waals surface area contributed by atoms with Gasteiger partial charge in [0.05, 0.1) is 18.7 Å². The van der Waals surface area contributed by atoms with E-state index in [1.165, 1.54) is 6.07 Å². The summed E-state index contributed by atoms with van der Waals surface area (Å²) in [5.74, 6) is 4.61. The van der Waals surface area contributed by atoms with E-state index in [2.05, 4.69) is 11.8 Å². The normalized spacial score (nSPS) is 10.6. The number of aliphatic hydroxyl groups excluding tert-OH is 1. The largest absolute Gasteiger partial charge is 0.395 e. The number of carbonyl (C=O) groups is 1. The minimum atomic E-state index is -0.395. The highest BCUT2D eigenvalue weighted by Gasteiger charge is 2.13. The van der Waals surface area contributed by atoms with Crippen LogP contribution < -0.4 is 5.73 Å². The first-order chi connectivity index (χ1) is 9.93. The van der Waals surface area contributed by atoms with Crippen LogP contribution in [0.25, 0.3) is 0 Å². The number of hydrogen-bond donors (Lipinski definition) is 2. The minimum absolute atomic E-state index is 0.0476. The van der Waals surface area contributed by atoms with Crippen molar-refractivity contribution in [2.45, 2.75) is 32.9 Å². The second-order valence-electron chi connectivity index (χ2n) is 5.05. The number of aliphatic hydroxyl groups is 1. The molecule has 21 heavy (non-hydrogen) atoms. The average molecular weight is 292 g/mol. The number of amides is 1. The third-order valence-electron chi connectivity index (χ3n) is 2.97. The standard InChI is InChI=1S/C16H21FN2O2/c1-12(2)19(11-16(18)21)10-13-6-7-15(17)14(9-13)5-3-4-8-20/h6-7,9,12,20H,4,8,10-11H2,1-2H3,(H2,18,21). The average Bonchev–Trinajstić information content (AvgIpc) is 2.41. The number of primary amides is 1. The lowest BCUT2D eigenvalue weighted by molar-refractivity contribution is -0.119. The molecule has 0 aromatic heterocycles. The van der Waals surface area contributed by atoms with Crippen molar-refractivity contribution >= 4 is 5.91 Å². The fourth-order valence-corrected chi connectivity index (χ4v) is 1.84. The number of benzene rings is 1. The van der Waals surface area contributed by atoms with Crippen molar-refractivity contribution in [3.05, 3.63) is 35.1 Å². The first kappa shape index (κ1) is 17.2. The summed E-state index contributed by atoms with van der Waals surface area (Å²) in [5, 5.41) is 8.69. The van der Waals surface area contributed by atoms with Crippen LogP contribution in [0.5, 0.6) is 0 Å². The summed E-state index contributed by atoms with van der Waals surface area (Å²) in [6.45, 7) is 4.53. The number of carbonyl (C=O) groups excluding carboxylic acids is 1. The molecule has 0 saturated carbocycles. The van der Waals surface area contributed by atoms with Gasteiger partial charge < -0.3 is 10.8 Å². The van der Waals surface area contributed by atoms with Gasteiger partial charge in [0.1, 0.15) is 5.82 Å². The molecule has 0 bridgehead atoms. The van der Waals surface area contributed by atoms with E-state index in [4.69, 9.17) is 10.8 Å². The monoisotopic (exact) mass is 292 g/mol. The fourth-order valence-electron chi connectivity index (χ4n) is 1.84. The van der Waals surface area contributed by atoms with Gasteiger partial charge in [0.15, 0.2) is 0 Å². The van der Waals surface area contributed by atoms with Crippen molar-refractivity contribution in [2.75, 3.05) is 13.2 Å². The quantitative estimate of drug-likeness (QED) is 0.776. The van der Waals surface area contributed by atoms with Gasteiger partial charge in [-0.2, -0.15) is 0 Å². The fraction of sp³-hybridized carbons (Fsp3) is 0.438. The lowest BCUT2D eigenvalue weighted by atomic mass is 10.1. The number of halogens is 1. The molecule has 5 heteroatoms. The molecule has 0 atom stereocenters. The maximum absolute atomic E-state index is 13.7. The van der Waals surface area contributed by atoms with Gasteiger partial charge in [0.2, 0.25) is 5.91 Å². The number of hydrogen-bond acceptors (Lipinski definition) is 3. The summed E-state index contributed by atoms with van der Waals surface area (Å²) in [6, 6.07) is 4.84. The summed E-state index contributed by atoms with van der Waals surface area (Å²) < 4.78 is 13.7. The predicted octanol–water partition coefficient (Wildman–Crippen LogP) is 1.26. The topological polar surface area (TPSA) is 66.6 Å². The SMILES string of the molecule is CC(C)N(CC(N)=O)Cc1ccc(F)c(C#CCCO)c1. The first-order valence-corrected chi connectivity index (χ1v) is 6.84. The number of rotatable bonds is 6. The van der Waals surface area contributed by atoms with E-state index in [0.29, 0.717) is 18.5 Å². The third-order valence-corrected chi connectivity index (χ3v) is 2.97. The summed E-state index contributed by atoms with van der Waals surface area (Å²) in [5.41, 5.74) is 6.39. The highest BCUT2D eigenvalue weighted by molar-refractivity contribution is 5.75. The van der Waals surface area contributed by atoms with E-state index in [-0.39, 0.29) is 19.2 Å². The van der Waals surface area contributed by atoms with Crippen LogP contribution in [0.3, 0.4) is 0 Å². The smallest absolute Gasteiger partial charge is 0.231 e. The Morgan fingerprint density at radius 2 is 2.19 bits per heavy atom. The molecule has 1 amide bonds. The minimum Gasteiger partial charge on any atom is -0.395 e. The van der Waals surface area contributed by atoms with E-state index >= 15 is 0 Å². The first-order valence-electron chi connectivity index (χ1n) is 6.84. The Hall–Kier alpha value is -1.90. The van der Waals surface area contributed by atoms with E-state index in [1.54, 1.807) is 12.1 Å². The summed E-state index contributed by atoms with van der Waals surface area (Å²) in [6.07, 6.45) is 0.309. The molecule has 3 N–H and O–H groups in total. The van der Waals surface area contributed by atoms with Gasteiger partial charge in [-0.25, -0.2) is 4.39 Å². The highest BCUT2D eigenvalue weighted by atomic mass is 19.1. The van der Waals surface area contributed by atoms with Gasteiger partial charge in [-0.05, 0) is 31.5 Å². The molecular weight excluding hydrogens is 271 g/mol. The van der Waals surface area contributed by atoms with Gasteiger partial charge in [0.25, 0.3) is 0 Å². The molecule has 0 unspecified atom stereocenters. The second kappa shape index (κ2) is 8.40. The zero-order valence-electron chi connectivity index (χ0n) is 12.4. The van der Waals surface area contributed by atoms with Crippen LogP contribution in [0.15, 0.2) is 18.2 Å². The van der Waals surface area contributed by atoms with Crippen LogP contribution >= 0.6 is 0 Å². The predicted molar refractivity (Wildman–Crippen MR) is 79.7 cm³/mol. The second-order valence-corrected chi connectivity index (χ2v) is 5.05. The van der Waals surface area contributed by atoms with Crippen LogP contribution in [0.2, 0.25) is 0 Å². The molecule has 0 heterocycles. The van der Waals surface area contributed by atoms with E-state index in [1.807, 2.05) is 18.7 Å². The molecule has 0 saturated heterocycles. The van der Waals surface area contributed by atoms with Crippen LogP contribution in [0, 0.1) is 17.7 Å². The molecule has 0 fully saturated rings. The van der Waals surface area contributed by atoms with Crippen molar-refractivity contribution < 1.29 is 14.3 Å². The van der Waals surface area contributed by atoms with Crippen LogP contribution in [-0.4, -0.2) is 35.1 Å². The van der Waals surface area contributed by atoms with Gasteiger partial charge in [0, 0.05) is 19.0 Å². The molecule has 0 aliphatic carbocycles. The van der Waals surface area contributed by atoms with Gasteiger partial charge in [-0.15, -0.1) is 0 Å². The molecule has 0 radical (unpaired) electrons. The van der Waals surface area contributed by atoms with Crippen molar-refractivity contribution in [1.29, 1.82) is 0 Å². The number of nitrogens with zero attached hydrogens (tertiary/aromatic N) is 1. The van der Waals surface area contributed by atoms with Crippen molar-refractivity contribution in [1.82, 2.24) is 4.90 Å². The van der Waals surface area contributed by atoms with Crippen molar-refractivity contribution in [3.63, 3.8) is 0 Å². The summed E-state index contributed by atoms with van der Waals surface area (Å²) >= 11 is 0. The Kier molecular flexibility index (Phi) is 6.86. The molecule has 4 nitrogen and oxygen atoms in total. The van der Waals surface area contributed by atoms with E-state index in [0.717, 1.165) is 5.56 Å². The molecule has 0 aliphatic rings. The Bertz CT molecular complexity index is 547. The summed E-state index contributed by atoms with van der Waals surface area (Å²) in [4.78, 5) is 13.0. The summed E-state index contributed by atoms with van der Waals surface area (Å²) in [7, 11) is 0. The van der Waals surface area contributed by atoms with E-state index in [9.17, 15) is 9.18 Å². The lowest BCUT2D eigenvalue weighted by Gasteiger charge is -2.25. The van der Waals surface area contributed by atoms with Gasteiger partial charge in [-0.1, -0.05) is 17.9 Å². The van der Waals surface area contributed by atoms with Crippen LogP contribution in [0.4, 0.5) is 4.39 Å². The molecule has 0 spiro atoms. The highest BCUT2D eigenvalue weighted by Crippen LogP contribution is 2.13. The van der Waals surface area contributed by atoms with Crippen molar-refractivity contribution in [2.24, 2.45) is 5.73 Å². The molecular formula is C16H21FN2O2. The molecule has 1 rings (SSSR count). The Morgan fingerprint density at radius 1 is 1.48 bits per heavy atom. The third kappa shape index (κ3) is 5.94. The Balaban J connectivity index is 2.90. The molecule has 114 valence electrons. The zero-order chi connectivity index (χ0) is 15.8. The maximum atomic E-state index is 13.7. The van der Waals surface area contributed by atoms with Gasteiger partial charge >= 0.3 is 0 Å². The number of nitrogens with two attached hydrogens (primary N) is 1. The molecule has 0 aliphatic heterocycles. The maximum Gasteiger partial charge on any atom is 0.231 e. The van der Waals surface area contributed by atoms with Crippen LogP contribution in [0.1, 0.15) is 31.4 Å². The van der Waals surface area contributed by atoms with Crippen molar-refractivity contribution in [3.8, 4) is 11.8 Å². The Morgan fingerprint density at radius 3 is 2.76 bits per heavy atom. The molecule has 1 aromatic rings.